The van der Waals surface area contributed by atoms with Gasteiger partial charge in [-0.1, -0.05) is 25.1 Å². The molecular weight excluding hydrogens is 305 g/mol. The van der Waals surface area contributed by atoms with Crippen LogP contribution in [0.1, 0.15) is 29.5 Å². The minimum absolute atomic E-state index is 0.218. The van der Waals surface area contributed by atoms with Crippen LogP contribution >= 0.6 is 0 Å². The van der Waals surface area contributed by atoms with E-state index in [0.29, 0.717) is 12.1 Å². The quantitative estimate of drug-likeness (QED) is 0.714. The van der Waals surface area contributed by atoms with Crippen molar-refractivity contribution in [2.24, 2.45) is 0 Å². The van der Waals surface area contributed by atoms with E-state index in [0.717, 1.165) is 29.8 Å². The van der Waals surface area contributed by atoms with E-state index in [1.54, 1.807) is 24.1 Å². The van der Waals surface area contributed by atoms with Gasteiger partial charge in [0.05, 0.1) is 17.6 Å². The van der Waals surface area contributed by atoms with Gasteiger partial charge in [-0.3, -0.25) is 4.79 Å². The molecule has 0 fully saturated rings. The summed E-state index contributed by atoms with van der Waals surface area (Å²) in [7, 11) is 1.71. The summed E-state index contributed by atoms with van der Waals surface area (Å²) in [6.45, 7) is 3.34. The van der Waals surface area contributed by atoms with Gasteiger partial charge < -0.3 is 9.47 Å². The Hall–Kier alpha value is -2.69. The highest BCUT2D eigenvalue weighted by atomic mass is 19.1. The van der Waals surface area contributed by atoms with Gasteiger partial charge in [0.25, 0.3) is 5.91 Å². The molecule has 2 aromatic carbocycles. The Labute approximate surface area is 140 Å². The fraction of sp³-hybridized carbons (Fsp3) is 0.263. The molecule has 3 aromatic rings. The molecule has 0 bridgehead atoms. The highest BCUT2D eigenvalue weighted by Crippen LogP contribution is 2.18. The number of benzene rings is 2. The molecule has 1 amide bonds. The van der Waals surface area contributed by atoms with E-state index in [1.165, 1.54) is 12.1 Å². The van der Waals surface area contributed by atoms with Crippen LogP contribution in [-0.2, 0) is 13.1 Å². The molecule has 0 atom stereocenters. The lowest BCUT2D eigenvalue weighted by molar-refractivity contribution is 0.0779. The van der Waals surface area contributed by atoms with E-state index < -0.39 is 5.82 Å². The molecule has 24 heavy (non-hydrogen) atoms. The second-order valence-corrected chi connectivity index (χ2v) is 5.84. The minimum Gasteiger partial charge on any atom is -0.334 e. The topological polar surface area (TPSA) is 38.1 Å². The second-order valence-electron chi connectivity index (χ2n) is 5.84. The number of carbonyl (C=O) groups is 1. The predicted molar refractivity (Wildman–Crippen MR) is 92.2 cm³/mol. The lowest BCUT2D eigenvalue weighted by Crippen LogP contribution is -2.27. The number of aromatic nitrogens is 2. The lowest BCUT2D eigenvalue weighted by Gasteiger charge is -2.18. The summed E-state index contributed by atoms with van der Waals surface area (Å²) in [6, 6.07) is 13.7. The van der Waals surface area contributed by atoms with Crippen LogP contribution in [0.3, 0.4) is 0 Å². The smallest absolute Gasteiger partial charge is 0.254 e. The Kier molecular flexibility index (Phi) is 4.60. The van der Waals surface area contributed by atoms with Gasteiger partial charge in [-0.2, -0.15) is 0 Å². The van der Waals surface area contributed by atoms with Crippen molar-refractivity contribution in [3.05, 3.63) is 65.7 Å². The van der Waals surface area contributed by atoms with Crippen molar-refractivity contribution in [2.45, 2.75) is 26.4 Å². The molecule has 0 aliphatic rings. The maximum absolute atomic E-state index is 13.3. The maximum atomic E-state index is 13.3. The van der Waals surface area contributed by atoms with Gasteiger partial charge in [-0.05, 0) is 36.8 Å². The molecule has 0 unspecified atom stereocenters. The molecule has 3 rings (SSSR count). The van der Waals surface area contributed by atoms with Crippen LogP contribution in [0.15, 0.2) is 48.5 Å². The molecule has 1 aromatic heterocycles. The maximum Gasteiger partial charge on any atom is 0.254 e. The molecule has 124 valence electrons. The van der Waals surface area contributed by atoms with Gasteiger partial charge in [0.2, 0.25) is 0 Å². The lowest BCUT2D eigenvalue weighted by atomic mass is 10.2. The van der Waals surface area contributed by atoms with E-state index in [9.17, 15) is 9.18 Å². The molecule has 5 heteroatoms. The van der Waals surface area contributed by atoms with Crippen molar-refractivity contribution in [1.82, 2.24) is 14.5 Å². The average molecular weight is 325 g/mol. The van der Waals surface area contributed by atoms with Crippen molar-refractivity contribution in [3.63, 3.8) is 0 Å². The van der Waals surface area contributed by atoms with Crippen molar-refractivity contribution in [1.29, 1.82) is 0 Å². The molecule has 0 spiro atoms. The van der Waals surface area contributed by atoms with Gasteiger partial charge in [-0.25, -0.2) is 9.37 Å². The fourth-order valence-electron chi connectivity index (χ4n) is 2.85. The van der Waals surface area contributed by atoms with E-state index in [2.05, 4.69) is 16.5 Å². The van der Waals surface area contributed by atoms with Crippen LogP contribution in [-0.4, -0.2) is 27.4 Å². The first-order chi connectivity index (χ1) is 11.6. The summed E-state index contributed by atoms with van der Waals surface area (Å²) in [4.78, 5) is 18.7. The zero-order valence-corrected chi connectivity index (χ0v) is 13.9. The first kappa shape index (κ1) is 16.2. The SMILES string of the molecule is CCCn1c(CN(C)C(=O)c2cccc(F)c2)nc2ccccc21. The van der Waals surface area contributed by atoms with Gasteiger partial charge >= 0.3 is 0 Å². The van der Waals surface area contributed by atoms with Crippen molar-refractivity contribution < 1.29 is 9.18 Å². The molecular formula is C19H20FN3O. The zero-order valence-electron chi connectivity index (χ0n) is 13.9. The normalized spacial score (nSPS) is 11.0. The number of rotatable bonds is 5. The Morgan fingerprint density at radius 2 is 2.00 bits per heavy atom. The molecule has 0 saturated carbocycles. The third-order valence-corrected chi connectivity index (χ3v) is 3.98. The van der Waals surface area contributed by atoms with Crippen LogP contribution in [0.4, 0.5) is 4.39 Å². The van der Waals surface area contributed by atoms with Crippen LogP contribution in [0.2, 0.25) is 0 Å². The average Bonchev–Trinajstić information content (AvgIpc) is 2.92. The summed E-state index contributed by atoms with van der Waals surface area (Å²) < 4.78 is 15.5. The fourth-order valence-corrected chi connectivity index (χ4v) is 2.85. The molecule has 0 saturated heterocycles. The van der Waals surface area contributed by atoms with Crippen molar-refractivity contribution >= 4 is 16.9 Å². The monoisotopic (exact) mass is 325 g/mol. The first-order valence-corrected chi connectivity index (χ1v) is 8.05. The largest absolute Gasteiger partial charge is 0.334 e. The number of aryl methyl sites for hydroxylation is 1. The molecule has 0 radical (unpaired) electrons. The summed E-state index contributed by atoms with van der Waals surface area (Å²) in [6.07, 6.45) is 0.981. The third-order valence-electron chi connectivity index (χ3n) is 3.98. The van der Waals surface area contributed by atoms with E-state index in [1.807, 2.05) is 24.3 Å². The Morgan fingerprint density at radius 1 is 1.21 bits per heavy atom. The zero-order chi connectivity index (χ0) is 17.1. The van der Waals surface area contributed by atoms with Crippen LogP contribution in [0.5, 0.6) is 0 Å². The van der Waals surface area contributed by atoms with Crippen molar-refractivity contribution in [2.75, 3.05) is 7.05 Å². The highest BCUT2D eigenvalue weighted by molar-refractivity contribution is 5.94. The van der Waals surface area contributed by atoms with Crippen LogP contribution in [0, 0.1) is 5.82 Å². The van der Waals surface area contributed by atoms with Crippen LogP contribution in [0.25, 0.3) is 11.0 Å². The standard InChI is InChI=1S/C19H20FN3O/c1-3-11-23-17-10-5-4-9-16(17)21-18(23)13-22(2)19(24)14-7-6-8-15(20)12-14/h4-10,12H,3,11,13H2,1-2H3. The van der Waals surface area contributed by atoms with Crippen LogP contribution < -0.4 is 0 Å². The number of amides is 1. The molecule has 1 heterocycles. The number of nitrogens with zero attached hydrogens (tertiary/aromatic N) is 3. The van der Waals surface area contributed by atoms with E-state index >= 15 is 0 Å². The number of para-hydroxylation sites is 2. The molecule has 0 aliphatic heterocycles. The summed E-state index contributed by atoms with van der Waals surface area (Å²) >= 11 is 0. The van der Waals surface area contributed by atoms with E-state index in [4.69, 9.17) is 0 Å². The Balaban J connectivity index is 1.88. The summed E-state index contributed by atoms with van der Waals surface area (Å²) in [5.74, 6) is 0.211. The second kappa shape index (κ2) is 6.83. The number of halogens is 1. The van der Waals surface area contributed by atoms with Gasteiger partial charge in [0, 0.05) is 19.2 Å². The van der Waals surface area contributed by atoms with E-state index in [-0.39, 0.29) is 5.91 Å². The number of hydrogen-bond acceptors (Lipinski definition) is 2. The minimum atomic E-state index is -0.410. The Morgan fingerprint density at radius 3 is 2.75 bits per heavy atom. The van der Waals surface area contributed by atoms with Gasteiger partial charge in [0.1, 0.15) is 11.6 Å². The predicted octanol–water partition coefficient (Wildman–Crippen LogP) is 3.86. The number of hydrogen-bond donors (Lipinski definition) is 0. The number of imidazole rings is 1. The first-order valence-electron chi connectivity index (χ1n) is 8.05. The van der Waals surface area contributed by atoms with Gasteiger partial charge in [-0.15, -0.1) is 0 Å². The van der Waals surface area contributed by atoms with Gasteiger partial charge in [0.15, 0.2) is 0 Å². The molecule has 4 nitrogen and oxygen atoms in total. The number of carbonyl (C=O) groups excluding carboxylic acids is 1. The molecule has 0 N–H and O–H groups in total. The van der Waals surface area contributed by atoms with Crippen molar-refractivity contribution in [3.8, 4) is 0 Å². The molecule has 0 aliphatic carbocycles. The summed E-state index contributed by atoms with van der Waals surface area (Å²) in [5, 5.41) is 0. The highest BCUT2D eigenvalue weighted by Gasteiger charge is 2.17. The Bertz CT molecular complexity index is 872. The summed E-state index contributed by atoms with van der Waals surface area (Å²) in [5.41, 5.74) is 2.34. The third kappa shape index (κ3) is 3.15. The number of fused-ring (bicyclic) bond motifs is 1.